The Morgan fingerprint density at radius 3 is 2.27 bits per heavy atom. The summed E-state index contributed by atoms with van der Waals surface area (Å²) in [6, 6.07) is 0. The van der Waals surface area contributed by atoms with Gasteiger partial charge < -0.3 is 4.90 Å². The monoisotopic (exact) mass is 153 g/mol. The molecule has 2 aliphatic rings. The Kier molecular flexibility index (Phi) is 1.63. The van der Waals surface area contributed by atoms with Crippen LogP contribution in [-0.4, -0.2) is 23.9 Å². The summed E-state index contributed by atoms with van der Waals surface area (Å²) in [5.41, 5.74) is 0. The lowest BCUT2D eigenvalue weighted by Crippen LogP contribution is -2.53. The summed E-state index contributed by atoms with van der Waals surface area (Å²) in [4.78, 5) is 12.8. The van der Waals surface area contributed by atoms with Crippen LogP contribution in [0, 0.1) is 11.8 Å². The maximum Gasteiger partial charge on any atom is 0.219 e. The first-order valence-corrected chi connectivity index (χ1v) is 4.53. The van der Waals surface area contributed by atoms with Crippen LogP contribution in [0.2, 0.25) is 0 Å². The number of rotatable bonds is 1. The Balaban J connectivity index is 1.74. The molecule has 0 unspecified atom stereocenters. The summed E-state index contributed by atoms with van der Waals surface area (Å²) in [5, 5.41) is 0. The third kappa shape index (κ3) is 1.15. The van der Waals surface area contributed by atoms with E-state index in [0.29, 0.717) is 0 Å². The minimum atomic E-state index is 0.251. The molecule has 1 aliphatic heterocycles. The molecular weight excluding hydrogens is 138 g/mol. The van der Waals surface area contributed by atoms with Crippen LogP contribution in [0.25, 0.3) is 0 Å². The number of carbonyl (C=O) groups is 1. The van der Waals surface area contributed by atoms with Crippen LogP contribution in [0.15, 0.2) is 0 Å². The predicted octanol–water partition coefficient (Wildman–Crippen LogP) is 1.26. The van der Waals surface area contributed by atoms with E-state index in [2.05, 4.69) is 0 Å². The fourth-order valence-electron chi connectivity index (χ4n) is 1.98. The van der Waals surface area contributed by atoms with Crippen LogP contribution in [0.5, 0.6) is 0 Å². The van der Waals surface area contributed by atoms with E-state index < -0.39 is 0 Å². The summed E-state index contributed by atoms with van der Waals surface area (Å²) in [5.74, 6) is 2.07. The second-order valence-electron chi connectivity index (χ2n) is 3.88. The van der Waals surface area contributed by atoms with Gasteiger partial charge in [-0.1, -0.05) is 19.3 Å². The van der Waals surface area contributed by atoms with Crippen LogP contribution in [0.1, 0.15) is 26.2 Å². The topological polar surface area (TPSA) is 20.3 Å². The quantitative estimate of drug-likeness (QED) is 0.555. The van der Waals surface area contributed by atoms with Gasteiger partial charge in [-0.2, -0.15) is 0 Å². The summed E-state index contributed by atoms with van der Waals surface area (Å²) < 4.78 is 0. The lowest BCUT2D eigenvalue weighted by atomic mass is 9.72. The van der Waals surface area contributed by atoms with Crippen LogP contribution >= 0.6 is 0 Å². The maximum atomic E-state index is 10.8. The molecule has 0 aromatic rings. The third-order valence-electron chi connectivity index (χ3n) is 3.17. The molecule has 0 radical (unpaired) electrons. The first kappa shape index (κ1) is 7.14. The summed E-state index contributed by atoms with van der Waals surface area (Å²) in [7, 11) is 0. The highest BCUT2D eigenvalue weighted by molar-refractivity contribution is 5.74. The van der Waals surface area contributed by atoms with Gasteiger partial charge >= 0.3 is 0 Å². The van der Waals surface area contributed by atoms with Gasteiger partial charge in [-0.15, -0.1) is 0 Å². The van der Waals surface area contributed by atoms with Crippen molar-refractivity contribution in [2.45, 2.75) is 26.2 Å². The highest BCUT2D eigenvalue weighted by Crippen LogP contribution is 2.37. The van der Waals surface area contributed by atoms with Crippen LogP contribution in [-0.2, 0) is 4.79 Å². The molecular formula is C9H15NO. The van der Waals surface area contributed by atoms with E-state index in [-0.39, 0.29) is 5.91 Å². The highest BCUT2D eigenvalue weighted by Gasteiger charge is 2.36. The minimum absolute atomic E-state index is 0.251. The van der Waals surface area contributed by atoms with E-state index in [1.54, 1.807) is 6.92 Å². The minimum Gasteiger partial charge on any atom is -0.342 e. The van der Waals surface area contributed by atoms with Crippen molar-refractivity contribution in [1.29, 1.82) is 0 Å². The van der Waals surface area contributed by atoms with E-state index in [9.17, 15) is 4.79 Å². The van der Waals surface area contributed by atoms with Crippen molar-refractivity contribution in [3.8, 4) is 0 Å². The summed E-state index contributed by atoms with van der Waals surface area (Å²) in [6.45, 7) is 3.75. The van der Waals surface area contributed by atoms with Crippen molar-refractivity contribution in [2.75, 3.05) is 13.1 Å². The van der Waals surface area contributed by atoms with Crippen molar-refractivity contribution >= 4 is 5.91 Å². The molecule has 1 saturated heterocycles. The Labute approximate surface area is 67.6 Å². The van der Waals surface area contributed by atoms with Gasteiger partial charge in [-0.25, -0.2) is 0 Å². The molecule has 0 bridgehead atoms. The van der Waals surface area contributed by atoms with Crippen molar-refractivity contribution in [2.24, 2.45) is 11.8 Å². The third-order valence-corrected chi connectivity index (χ3v) is 3.17. The van der Waals surface area contributed by atoms with Gasteiger partial charge in [-0.3, -0.25) is 4.79 Å². The van der Waals surface area contributed by atoms with Gasteiger partial charge in [0, 0.05) is 20.0 Å². The van der Waals surface area contributed by atoms with Gasteiger partial charge in [0.25, 0.3) is 0 Å². The number of carbonyl (C=O) groups excluding carboxylic acids is 1. The normalized spacial score (nSPS) is 26.1. The fraction of sp³-hybridized carbons (Fsp3) is 0.889. The molecule has 0 N–H and O–H groups in total. The SMILES string of the molecule is CC(=O)N1CC(C2CCC2)C1. The number of hydrogen-bond donors (Lipinski definition) is 0. The molecule has 62 valence electrons. The average molecular weight is 153 g/mol. The van der Waals surface area contributed by atoms with Crippen molar-refractivity contribution < 1.29 is 4.79 Å². The van der Waals surface area contributed by atoms with E-state index >= 15 is 0 Å². The van der Waals surface area contributed by atoms with Gasteiger partial charge in [0.05, 0.1) is 0 Å². The summed E-state index contributed by atoms with van der Waals surface area (Å²) in [6.07, 6.45) is 4.24. The Hall–Kier alpha value is -0.530. The number of likely N-dealkylation sites (tertiary alicyclic amines) is 1. The Morgan fingerprint density at radius 1 is 1.27 bits per heavy atom. The maximum absolute atomic E-state index is 10.8. The molecule has 0 aromatic carbocycles. The van der Waals surface area contributed by atoms with Crippen LogP contribution < -0.4 is 0 Å². The van der Waals surface area contributed by atoms with E-state index in [0.717, 1.165) is 24.9 Å². The zero-order chi connectivity index (χ0) is 7.84. The second kappa shape index (κ2) is 2.50. The Morgan fingerprint density at radius 2 is 1.91 bits per heavy atom. The molecule has 1 aliphatic carbocycles. The molecule has 1 heterocycles. The molecule has 0 spiro atoms. The first-order chi connectivity index (χ1) is 5.27. The number of amides is 1. The molecule has 2 nitrogen and oxygen atoms in total. The lowest BCUT2D eigenvalue weighted by Gasteiger charge is -2.46. The summed E-state index contributed by atoms with van der Waals surface area (Å²) >= 11 is 0. The van der Waals surface area contributed by atoms with Gasteiger partial charge in [-0.05, 0) is 11.8 Å². The van der Waals surface area contributed by atoms with E-state index in [1.807, 2.05) is 4.90 Å². The van der Waals surface area contributed by atoms with E-state index in [1.165, 1.54) is 19.3 Å². The molecule has 1 amide bonds. The number of nitrogens with zero attached hydrogens (tertiary/aromatic N) is 1. The van der Waals surface area contributed by atoms with Gasteiger partial charge in [0.2, 0.25) is 5.91 Å². The second-order valence-corrected chi connectivity index (χ2v) is 3.88. The Bertz CT molecular complexity index is 168. The smallest absolute Gasteiger partial charge is 0.219 e. The molecule has 2 heteroatoms. The van der Waals surface area contributed by atoms with Crippen LogP contribution in [0.3, 0.4) is 0 Å². The highest BCUT2D eigenvalue weighted by atomic mass is 16.2. The molecule has 2 rings (SSSR count). The van der Waals surface area contributed by atoms with Gasteiger partial charge in [0.1, 0.15) is 0 Å². The molecule has 2 fully saturated rings. The molecule has 0 aromatic heterocycles. The predicted molar refractivity (Wildman–Crippen MR) is 43.1 cm³/mol. The lowest BCUT2D eigenvalue weighted by molar-refractivity contribution is -0.137. The van der Waals surface area contributed by atoms with Crippen LogP contribution in [0.4, 0.5) is 0 Å². The molecule has 11 heavy (non-hydrogen) atoms. The molecule has 0 atom stereocenters. The molecule has 1 saturated carbocycles. The first-order valence-electron chi connectivity index (χ1n) is 4.53. The van der Waals surface area contributed by atoms with Crippen molar-refractivity contribution in [1.82, 2.24) is 4.90 Å². The average Bonchev–Trinajstić information content (AvgIpc) is 1.70. The zero-order valence-electron chi connectivity index (χ0n) is 7.05. The fourth-order valence-corrected chi connectivity index (χ4v) is 1.98. The van der Waals surface area contributed by atoms with Gasteiger partial charge in [0.15, 0.2) is 0 Å². The number of hydrogen-bond acceptors (Lipinski definition) is 1. The largest absolute Gasteiger partial charge is 0.342 e. The zero-order valence-corrected chi connectivity index (χ0v) is 7.05. The standard InChI is InChI=1S/C9H15NO/c1-7(11)10-5-9(6-10)8-3-2-4-8/h8-9H,2-6H2,1H3. The van der Waals surface area contributed by atoms with E-state index in [4.69, 9.17) is 0 Å². The van der Waals surface area contributed by atoms with Crippen molar-refractivity contribution in [3.63, 3.8) is 0 Å². The van der Waals surface area contributed by atoms with Crippen molar-refractivity contribution in [3.05, 3.63) is 0 Å².